The molecule has 2 aliphatic rings. The normalized spacial score (nSPS) is 37.4. The largest absolute Gasteiger partial charge is 0.378 e. The molecule has 5 atom stereocenters. The molecule has 1 heterocycles. The lowest BCUT2D eigenvalue weighted by molar-refractivity contribution is 0.0614. The Morgan fingerprint density at radius 2 is 1.95 bits per heavy atom. The minimum atomic E-state index is 0.506. The first kappa shape index (κ1) is 15.3. The van der Waals surface area contributed by atoms with Gasteiger partial charge in [-0.05, 0) is 44.1 Å². The van der Waals surface area contributed by atoms with Crippen molar-refractivity contribution >= 4 is 0 Å². The second-order valence-corrected chi connectivity index (χ2v) is 6.55. The number of ether oxygens (including phenoxy) is 1. The van der Waals surface area contributed by atoms with Crippen LogP contribution in [0.4, 0.5) is 0 Å². The molecule has 1 aliphatic carbocycles. The van der Waals surface area contributed by atoms with Crippen molar-refractivity contribution in [3.05, 3.63) is 0 Å². The molecule has 0 spiro atoms. The smallest absolute Gasteiger partial charge is 0.0616 e. The maximum Gasteiger partial charge on any atom is 0.0616 e. The first-order valence-electron chi connectivity index (χ1n) is 8.65. The Balaban J connectivity index is 2.01. The number of hydrogen-bond donors (Lipinski definition) is 1. The molecule has 0 bridgehead atoms. The van der Waals surface area contributed by atoms with E-state index in [-0.39, 0.29) is 0 Å². The third-order valence-corrected chi connectivity index (χ3v) is 5.47. The van der Waals surface area contributed by atoms with Gasteiger partial charge in [-0.25, -0.2) is 0 Å². The molecule has 1 N–H and O–H groups in total. The average Bonchev–Trinajstić information content (AvgIpc) is 2.93. The zero-order valence-corrected chi connectivity index (χ0v) is 13.2. The number of nitrogens with one attached hydrogen (secondary N) is 1. The molecule has 0 aromatic heterocycles. The van der Waals surface area contributed by atoms with E-state index in [9.17, 15) is 0 Å². The molecule has 19 heavy (non-hydrogen) atoms. The highest BCUT2D eigenvalue weighted by Crippen LogP contribution is 2.38. The monoisotopic (exact) mass is 267 g/mol. The van der Waals surface area contributed by atoms with E-state index < -0.39 is 0 Å². The fraction of sp³-hybridized carbons (Fsp3) is 1.00. The Morgan fingerprint density at radius 3 is 2.63 bits per heavy atom. The Kier molecular flexibility index (Phi) is 6.15. The van der Waals surface area contributed by atoms with Crippen LogP contribution in [-0.4, -0.2) is 25.3 Å². The van der Waals surface area contributed by atoms with Crippen LogP contribution in [0.3, 0.4) is 0 Å². The molecule has 112 valence electrons. The highest BCUT2D eigenvalue weighted by molar-refractivity contribution is 4.92. The summed E-state index contributed by atoms with van der Waals surface area (Å²) in [5.41, 5.74) is 0. The van der Waals surface area contributed by atoms with E-state index in [1.165, 1.54) is 44.9 Å². The highest BCUT2D eigenvalue weighted by Gasteiger charge is 2.38. The fourth-order valence-corrected chi connectivity index (χ4v) is 4.43. The zero-order chi connectivity index (χ0) is 13.7. The molecule has 0 radical (unpaired) electrons. The zero-order valence-electron chi connectivity index (χ0n) is 13.2. The van der Waals surface area contributed by atoms with Crippen LogP contribution < -0.4 is 5.32 Å². The Labute approximate surface area is 119 Å². The molecule has 2 nitrogen and oxygen atoms in total. The van der Waals surface area contributed by atoms with Crippen molar-refractivity contribution in [3.8, 4) is 0 Å². The molecular formula is C17H33NO. The molecule has 2 heteroatoms. The average molecular weight is 267 g/mol. The van der Waals surface area contributed by atoms with Gasteiger partial charge in [0.15, 0.2) is 0 Å². The van der Waals surface area contributed by atoms with Crippen molar-refractivity contribution < 1.29 is 4.74 Å². The summed E-state index contributed by atoms with van der Waals surface area (Å²) >= 11 is 0. The fourth-order valence-electron chi connectivity index (χ4n) is 4.43. The van der Waals surface area contributed by atoms with Crippen LogP contribution in [0.5, 0.6) is 0 Å². The number of rotatable bonds is 6. The molecule has 0 aromatic rings. The van der Waals surface area contributed by atoms with Crippen molar-refractivity contribution in [2.75, 3.05) is 13.2 Å². The van der Waals surface area contributed by atoms with Crippen LogP contribution in [0, 0.1) is 17.8 Å². The summed E-state index contributed by atoms with van der Waals surface area (Å²) in [5.74, 6) is 2.62. The summed E-state index contributed by atoms with van der Waals surface area (Å²) in [7, 11) is 0. The summed E-state index contributed by atoms with van der Waals surface area (Å²) in [6, 6.07) is 0.701. The van der Waals surface area contributed by atoms with Gasteiger partial charge in [0.2, 0.25) is 0 Å². The Hall–Kier alpha value is -0.0800. The van der Waals surface area contributed by atoms with E-state index in [4.69, 9.17) is 4.74 Å². The molecule has 2 fully saturated rings. The van der Waals surface area contributed by atoms with Crippen molar-refractivity contribution in [2.24, 2.45) is 17.8 Å². The SMILES string of the molecule is CCNC(C1CCCC(CC)C1)C1CCOC1CC. The third kappa shape index (κ3) is 3.72. The van der Waals surface area contributed by atoms with Crippen molar-refractivity contribution in [1.82, 2.24) is 5.32 Å². The van der Waals surface area contributed by atoms with Gasteiger partial charge in [-0.3, -0.25) is 0 Å². The van der Waals surface area contributed by atoms with Gasteiger partial charge in [0, 0.05) is 18.6 Å². The number of hydrogen-bond acceptors (Lipinski definition) is 2. The lowest BCUT2D eigenvalue weighted by Crippen LogP contribution is -2.46. The van der Waals surface area contributed by atoms with Crippen LogP contribution in [0.25, 0.3) is 0 Å². The first-order chi connectivity index (χ1) is 9.30. The second-order valence-electron chi connectivity index (χ2n) is 6.55. The van der Waals surface area contributed by atoms with Crippen molar-refractivity contribution in [2.45, 2.75) is 77.9 Å². The van der Waals surface area contributed by atoms with E-state index in [1.54, 1.807) is 0 Å². The summed E-state index contributed by atoms with van der Waals surface area (Å²) in [5, 5.41) is 3.82. The summed E-state index contributed by atoms with van der Waals surface area (Å²) in [6.45, 7) is 8.98. The summed E-state index contributed by atoms with van der Waals surface area (Å²) in [6.07, 6.45) is 10.1. The van der Waals surface area contributed by atoms with Gasteiger partial charge in [-0.1, -0.05) is 40.0 Å². The first-order valence-corrected chi connectivity index (χ1v) is 8.65. The predicted molar refractivity (Wildman–Crippen MR) is 81.3 cm³/mol. The Morgan fingerprint density at radius 1 is 1.11 bits per heavy atom. The molecule has 5 unspecified atom stereocenters. The van der Waals surface area contributed by atoms with Gasteiger partial charge >= 0.3 is 0 Å². The van der Waals surface area contributed by atoms with E-state index in [2.05, 4.69) is 26.1 Å². The standard InChI is InChI=1S/C17H33NO/c1-4-13-8-7-9-14(12-13)17(18-6-3)15-10-11-19-16(15)5-2/h13-18H,4-12H2,1-3H3. The summed E-state index contributed by atoms with van der Waals surface area (Å²) in [4.78, 5) is 0. The van der Waals surface area contributed by atoms with Gasteiger partial charge in [0.1, 0.15) is 0 Å². The molecule has 0 aromatic carbocycles. The van der Waals surface area contributed by atoms with Crippen LogP contribution in [-0.2, 0) is 4.74 Å². The lowest BCUT2D eigenvalue weighted by atomic mass is 9.72. The molecule has 1 saturated carbocycles. The van der Waals surface area contributed by atoms with Gasteiger partial charge < -0.3 is 10.1 Å². The van der Waals surface area contributed by atoms with E-state index in [1.807, 2.05) is 0 Å². The molecule has 1 aliphatic heterocycles. The molecule has 0 amide bonds. The maximum absolute atomic E-state index is 5.95. The van der Waals surface area contributed by atoms with Gasteiger partial charge in [-0.2, -0.15) is 0 Å². The van der Waals surface area contributed by atoms with E-state index >= 15 is 0 Å². The lowest BCUT2D eigenvalue weighted by Gasteiger charge is -2.39. The summed E-state index contributed by atoms with van der Waals surface area (Å²) < 4.78 is 5.95. The highest BCUT2D eigenvalue weighted by atomic mass is 16.5. The maximum atomic E-state index is 5.95. The quantitative estimate of drug-likeness (QED) is 0.785. The van der Waals surface area contributed by atoms with Crippen molar-refractivity contribution in [1.29, 1.82) is 0 Å². The minimum absolute atomic E-state index is 0.506. The van der Waals surface area contributed by atoms with Crippen LogP contribution in [0.1, 0.15) is 65.7 Å². The van der Waals surface area contributed by atoms with Gasteiger partial charge in [0.05, 0.1) is 6.10 Å². The van der Waals surface area contributed by atoms with Crippen LogP contribution >= 0.6 is 0 Å². The second kappa shape index (κ2) is 7.64. The van der Waals surface area contributed by atoms with Crippen LogP contribution in [0.15, 0.2) is 0 Å². The van der Waals surface area contributed by atoms with Gasteiger partial charge in [0.25, 0.3) is 0 Å². The van der Waals surface area contributed by atoms with Gasteiger partial charge in [-0.15, -0.1) is 0 Å². The van der Waals surface area contributed by atoms with Crippen LogP contribution in [0.2, 0.25) is 0 Å². The topological polar surface area (TPSA) is 21.3 Å². The Bertz CT molecular complexity index is 256. The minimum Gasteiger partial charge on any atom is -0.378 e. The predicted octanol–water partition coefficient (Wildman–Crippen LogP) is 4.00. The molecule has 1 saturated heterocycles. The molecular weight excluding hydrogens is 234 g/mol. The molecule has 2 rings (SSSR count). The van der Waals surface area contributed by atoms with E-state index in [0.717, 1.165) is 30.9 Å². The third-order valence-electron chi connectivity index (χ3n) is 5.47. The van der Waals surface area contributed by atoms with E-state index in [0.29, 0.717) is 12.1 Å². The van der Waals surface area contributed by atoms with Crippen molar-refractivity contribution in [3.63, 3.8) is 0 Å².